The molecule has 21 heavy (non-hydrogen) atoms. The smallest absolute Gasteiger partial charge is 0.115 e. The number of rotatable bonds is 3. The van der Waals surface area contributed by atoms with E-state index >= 15 is 0 Å². The first-order valence-corrected chi connectivity index (χ1v) is 6.67. The highest BCUT2D eigenvalue weighted by atomic mass is 16.3. The molecule has 0 saturated carbocycles. The molecule has 3 nitrogen and oxygen atoms in total. The molecular weight excluding hydrogens is 262 g/mol. The van der Waals surface area contributed by atoms with Gasteiger partial charge in [-0.1, -0.05) is 18.2 Å². The number of benzene rings is 3. The lowest BCUT2D eigenvalue weighted by atomic mass is 10.2. The third-order valence-corrected chi connectivity index (χ3v) is 3.23. The number of nitrogens with zero attached hydrogens (tertiary/aromatic N) is 1. The van der Waals surface area contributed by atoms with Gasteiger partial charge in [0.25, 0.3) is 0 Å². The fraction of sp³-hybridized carbons (Fsp3) is 0. The number of hydrogen-bond acceptors (Lipinski definition) is 3. The van der Waals surface area contributed by atoms with Crippen LogP contribution in [0.4, 0.5) is 17.1 Å². The Bertz CT molecular complexity index is 661. The molecule has 0 aliphatic heterocycles. The Morgan fingerprint density at radius 1 is 0.476 bits per heavy atom. The molecule has 3 aromatic rings. The van der Waals surface area contributed by atoms with Gasteiger partial charge < -0.3 is 15.1 Å². The molecule has 0 amide bonds. The first-order valence-electron chi connectivity index (χ1n) is 6.67. The number of phenols is 2. The fourth-order valence-corrected chi connectivity index (χ4v) is 2.23. The number of para-hydroxylation sites is 1. The average molecular weight is 277 g/mol. The summed E-state index contributed by atoms with van der Waals surface area (Å²) in [4.78, 5) is 2.05. The van der Waals surface area contributed by atoms with Crippen LogP contribution in [0.25, 0.3) is 0 Å². The molecule has 0 fully saturated rings. The zero-order valence-corrected chi connectivity index (χ0v) is 11.3. The van der Waals surface area contributed by atoms with Gasteiger partial charge in [0, 0.05) is 17.1 Å². The zero-order chi connectivity index (χ0) is 14.7. The quantitative estimate of drug-likeness (QED) is 0.737. The minimum absolute atomic E-state index is 0.234. The summed E-state index contributed by atoms with van der Waals surface area (Å²) in [6.07, 6.45) is 0. The summed E-state index contributed by atoms with van der Waals surface area (Å²) in [6, 6.07) is 24.0. The van der Waals surface area contributed by atoms with Crippen molar-refractivity contribution < 1.29 is 10.2 Å². The minimum atomic E-state index is 0.234. The predicted molar refractivity (Wildman–Crippen MR) is 84.5 cm³/mol. The lowest BCUT2D eigenvalue weighted by molar-refractivity contribution is 0.475. The molecule has 0 aliphatic rings. The Hall–Kier alpha value is -2.94. The standard InChI is InChI=1S/C18H15NO2/c20-17-10-6-15(7-11-17)19(14-4-2-1-3-5-14)16-8-12-18(21)13-9-16/h1-13,20-21H. The molecule has 0 spiro atoms. The van der Waals surface area contributed by atoms with Crippen LogP contribution in [0.2, 0.25) is 0 Å². The Balaban J connectivity index is 2.11. The third kappa shape index (κ3) is 2.82. The van der Waals surface area contributed by atoms with Crippen LogP contribution in [-0.4, -0.2) is 10.2 Å². The van der Waals surface area contributed by atoms with E-state index in [9.17, 15) is 10.2 Å². The molecule has 0 bridgehead atoms. The summed E-state index contributed by atoms with van der Waals surface area (Å²) in [6.45, 7) is 0. The maximum atomic E-state index is 9.46. The predicted octanol–water partition coefficient (Wildman–Crippen LogP) is 4.57. The Morgan fingerprint density at radius 3 is 1.29 bits per heavy atom. The van der Waals surface area contributed by atoms with Crippen LogP contribution >= 0.6 is 0 Å². The summed E-state index contributed by atoms with van der Waals surface area (Å²) >= 11 is 0. The maximum Gasteiger partial charge on any atom is 0.115 e. The van der Waals surface area contributed by atoms with Gasteiger partial charge in [0.15, 0.2) is 0 Å². The molecule has 0 atom stereocenters. The molecule has 3 rings (SSSR count). The van der Waals surface area contributed by atoms with Crippen molar-refractivity contribution in [3.8, 4) is 11.5 Å². The molecule has 0 saturated heterocycles. The second kappa shape index (κ2) is 5.59. The largest absolute Gasteiger partial charge is 0.508 e. The van der Waals surface area contributed by atoms with Crippen molar-refractivity contribution in [2.24, 2.45) is 0 Å². The molecule has 0 aliphatic carbocycles. The van der Waals surface area contributed by atoms with Gasteiger partial charge in [-0.25, -0.2) is 0 Å². The van der Waals surface area contributed by atoms with Crippen LogP contribution in [-0.2, 0) is 0 Å². The van der Waals surface area contributed by atoms with E-state index in [4.69, 9.17) is 0 Å². The van der Waals surface area contributed by atoms with E-state index in [1.54, 1.807) is 24.3 Å². The SMILES string of the molecule is Oc1ccc(N(c2ccccc2)c2ccc(O)cc2)cc1. The highest BCUT2D eigenvalue weighted by Crippen LogP contribution is 2.35. The molecular formula is C18H15NO2. The van der Waals surface area contributed by atoms with Crippen molar-refractivity contribution >= 4 is 17.1 Å². The van der Waals surface area contributed by atoms with Crippen LogP contribution in [0.5, 0.6) is 11.5 Å². The second-order valence-electron chi connectivity index (χ2n) is 4.70. The van der Waals surface area contributed by atoms with Crippen LogP contribution in [0, 0.1) is 0 Å². The second-order valence-corrected chi connectivity index (χ2v) is 4.70. The van der Waals surface area contributed by atoms with E-state index in [0.717, 1.165) is 17.1 Å². The summed E-state index contributed by atoms with van der Waals surface area (Å²) < 4.78 is 0. The minimum Gasteiger partial charge on any atom is -0.508 e. The van der Waals surface area contributed by atoms with Gasteiger partial charge in [0.1, 0.15) is 11.5 Å². The normalized spacial score (nSPS) is 10.3. The van der Waals surface area contributed by atoms with Crippen LogP contribution in [0.15, 0.2) is 78.9 Å². The van der Waals surface area contributed by atoms with E-state index in [-0.39, 0.29) is 11.5 Å². The van der Waals surface area contributed by atoms with E-state index in [2.05, 4.69) is 4.90 Å². The van der Waals surface area contributed by atoms with Crippen molar-refractivity contribution in [1.29, 1.82) is 0 Å². The first-order chi connectivity index (χ1) is 10.2. The summed E-state index contributed by atoms with van der Waals surface area (Å²) in [5, 5.41) is 18.9. The molecule has 0 unspecified atom stereocenters. The maximum absolute atomic E-state index is 9.46. The van der Waals surface area contributed by atoms with Crippen LogP contribution in [0.3, 0.4) is 0 Å². The summed E-state index contributed by atoms with van der Waals surface area (Å²) in [7, 11) is 0. The van der Waals surface area contributed by atoms with Gasteiger partial charge in [0.05, 0.1) is 0 Å². The van der Waals surface area contributed by atoms with Crippen molar-refractivity contribution in [2.75, 3.05) is 4.90 Å². The van der Waals surface area contributed by atoms with Crippen molar-refractivity contribution in [3.05, 3.63) is 78.9 Å². The highest BCUT2D eigenvalue weighted by Gasteiger charge is 2.11. The third-order valence-electron chi connectivity index (χ3n) is 3.23. The highest BCUT2D eigenvalue weighted by molar-refractivity contribution is 5.76. The molecule has 0 radical (unpaired) electrons. The Labute approximate surface area is 123 Å². The number of aromatic hydroxyl groups is 2. The van der Waals surface area contributed by atoms with Crippen molar-refractivity contribution in [3.63, 3.8) is 0 Å². The topological polar surface area (TPSA) is 43.7 Å². The van der Waals surface area contributed by atoms with Gasteiger partial charge in [-0.05, 0) is 60.7 Å². The number of hydrogen-bond donors (Lipinski definition) is 2. The summed E-state index contributed by atoms with van der Waals surface area (Å²) in [5.74, 6) is 0.468. The molecule has 0 heterocycles. The fourth-order valence-electron chi connectivity index (χ4n) is 2.23. The van der Waals surface area contributed by atoms with Crippen LogP contribution < -0.4 is 4.90 Å². The molecule has 3 aromatic carbocycles. The average Bonchev–Trinajstić information content (AvgIpc) is 2.52. The van der Waals surface area contributed by atoms with E-state index in [1.165, 1.54) is 0 Å². The van der Waals surface area contributed by atoms with E-state index < -0.39 is 0 Å². The zero-order valence-electron chi connectivity index (χ0n) is 11.3. The van der Waals surface area contributed by atoms with E-state index in [0.29, 0.717) is 0 Å². The van der Waals surface area contributed by atoms with Gasteiger partial charge in [-0.15, -0.1) is 0 Å². The summed E-state index contributed by atoms with van der Waals surface area (Å²) in [5.41, 5.74) is 2.88. The lowest BCUT2D eigenvalue weighted by Crippen LogP contribution is -2.09. The molecule has 104 valence electrons. The number of anilines is 3. The van der Waals surface area contributed by atoms with Crippen molar-refractivity contribution in [2.45, 2.75) is 0 Å². The van der Waals surface area contributed by atoms with Gasteiger partial charge in [-0.3, -0.25) is 0 Å². The lowest BCUT2D eigenvalue weighted by Gasteiger charge is -2.25. The van der Waals surface area contributed by atoms with Crippen molar-refractivity contribution in [1.82, 2.24) is 0 Å². The first kappa shape index (κ1) is 13.1. The molecule has 2 N–H and O–H groups in total. The molecule has 3 heteroatoms. The van der Waals surface area contributed by atoms with Gasteiger partial charge >= 0.3 is 0 Å². The number of phenolic OH excluding ortho intramolecular Hbond substituents is 2. The van der Waals surface area contributed by atoms with Crippen LogP contribution in [0.1, 0.15) is 0 Å². The van der Waals surface area contributed by atoms with Gasteiger partial charge in [0.2, 0.25) is 0 Å². The monoisotopic (exact) mass is 277 g/mol. The molecule has 0 aromatic heterocycles. The van der Waals surface area contributed by atoms with E-state index in [1.807, 2.05) is 54.6 Å². The Morgan fingerprint density at radius 2 is 0.857 bits per heavy atom. The van der Waals surface area contributed by atoms with Gasteiger partial charge in [-0.2, -0.15) is 0 Å². The Kier molecular flexibility index (Phi) is 3.48.